The van der Waals surface area contributed by atoms with Gasteiger partial charge in [0, 0.05) is 17.9 Å². The normalized spacial score (nSPS) is 15.9. The summed E-state index contributed by atoms with van der Waals surface area (Å²) < 4.78 is 10.9. The Morgan fingerprint density at radius 3 is 2.53 bits per heavy atom. The minimum Gasteiger partial charge on any atom is -0.459 e. The molecule has 8 heteroatoms. The van der Waals surface area contributed by atoms with Crippen molar-refractivity contribution in [2.24, 2.45) is 0 Å². The maximum Gasteiger partial charge on any atom is 0.338 e. The standard InChI is InChI=1S/C26H31N3O5/c1-5-29-18(4)23(25(31)34-17(2)3)24(28-26(29)32)20-12-9-13-21(14-20)27-22(30)16-33-15-19-10-7-6-8-11-19/h6-14,17,24H,5,15-16H2,1-4H3,(H,27,30)(H,28,32). The Morgan fingerprint density at radius 1 is 1.12 bits per heavy atom. The number of urea groups is 1. The summed E-state index contributed by atoms with van der Waals surface area (Å²) in [5.41, 5.74) is 3.08. The summed E-state index contributed by atoms with van der Waals surface area (Å²) in [6, 6.07) is 15.6. The van der Waals surface area contributed by atoms with Gasteiger partial charge in [0.2, 0.25) is 5.91 Å². The molecule has 2 aromatic rings. The number of carbonyl (C=O) groups excluding carboxylic acids is 3. The monoisotopic (exact) mass is 465 g/mol. The number of rotatable bonds is 9. The van der Waals surface area contributed by atoms with Crippen molar-refractivity contribution >= 4 is 23.6 Å². The Balaban J connectivity index is 1.75. The van der Waals surface area contributed by atoms with Gasteiger partial charge in [-0.05, 0) is 51.0 Å². The highest BCUT2D eigenvalue weighted by Crippen LogP contribution is 2.32. The van der Waals surface area contributed by atoms with Gasteiger partial charge in [0.25, 0.3) is 0 Å². The van der Waals surface area contributed by atoms with Crippen molar-refractivity contribution in [3.05, 3.63) is 77.0 Å². The fraction of sp³-hybridized carbons (Fsp3) is 0.346. The van der Waals surface area contributed by atoms with Crippen molar-refractivity contribution in [3.8, 4) is 0 Å². The second-order valence-electron chi connectivity index (χ2n) is 8.23. The van der Waals surface area contributed by atoms with Crippen LogP contribution in [-0.2, 0) is 25.7 Å². The van der Waals surface area contributed by atoms with E-state index in [1.807, 2.05) is 37.3 Å². The lowest BCUT2D eigenvalue weighted by molar-refractivity contribution is -0.143. The molecule has 0 saturated heterocycles. The number of nitrogens with one attached hydrogen (secondary N) is 2. The molecule has 0 bridgehead atoms. The Kier molecular flexibility index (Phi) is 8.43. The van der Waals surface area contributed by atoms with Crippen molar-refractivity contribution in [1.29, 1.82) is 0 Å². The van der Waals surface area contributed by atoms with Gasteiger partial charge in [0.15, 0.2) is 0 Å². The highest BCUT2D eigenvalue weighted by Gasteiger charge is 2.36. The molecule has 0 saturated carbocycles. The van der Waals surface area contributed by atoms with Gasteiger partial charge < -0.3 is 20.1 Å². The largest absolute Gasteiger partial charge is 0.459 e. The zero-order chi connectivity index (χ0) is 24.7. The molecule has 0 aliphatic carbocycles. The third kappa shape index (κ3) is 6.23. The van der Waals surface area contributed by atoms with Crippen LogP contribution in [0.2, 0.25) is 0 Å². The highest BCUT2D eigenvalue weighted by molar-refractivity contribution is 5.95. The summed E-state index contributed by atoms with van der Waals surface area (Å²) in [5, 5.41) is 5.70. The Morgan fingerprint density at radius 2 is 1.85 bits per heavy atom. The Hall–Kier alpha value is -3.65. The second kappa shape index (κ2) is 11.5. The third-order valence-electron chi connectivity index (χ3n) is 5.32. The first-order valence-corrected chi connectivity index (χ1v) is 11.3. The van der Waals surface area contributed by atoms with E-state index in [0.717, 1.165) is 5.56 Å². The van der Waals surface area contributed by atoms with Crippen LogP contribution in [0.3, 0.4) is 0 Å². The molecule has 1 heterocycles. The molecule has 0 aromatic heterocycles. The molecule has 1 aliphatic rings. The molecule has 34 heavy (non-hydrogen) atoms. The van der Waals surface area contributed by atoms with Crippen LogP contribution in [-0.4, -0.2) is 42.1 Å². The summed E-state index contributed by atoms with van der Waals surface area (Å²) in [6.45, 7) is 7.78. The highest BCUT2D eigenvalue weighted by atomic mass is 16.5. The van der Waals surface area contributed by atoms with Gasteiger partial charge in [-0.15, -0.1) is 0 Å². The molecule has 0 spiro atoms. The first-order chi connectivity index (χ1) is 16.3. The first kappa shape index (κ1) is 25.0. The van der Waals surface area contributed by atoms with E-state index in [2.05, 4.69) is 10.6 Å². The van der Waals surface area contributed by atoms with Crippen LogP contribution >= 0.6 is 0 Å². The van der Waals surface area contributed by atoms with Crippen molar-refractivity contribution in [2.45, 2.75) is 46.4 Å². The number of hydrogen-bond donors (Lipinski definition) is 2. The lowest BCUT2D eigenvalue weighted by Gasteiger charge is -2.35. The third-order valence-corrected chi connectivity index (χ3v) is 5.32. The van der Waals surface area contributed by atoms with Gasteiger partial charge in [-0.2, -0.15) is 0 Å². The summed E-state index contributed by atoms with van der Waals surface area (Å²) >= 11 is 0. The van der Waals surface area contributed by atoms with Gasteiger partial charge in [0.05, 0.1) is 24.3 Å². The molecule has 180 valence electrons. The van der Waals surface area contributed by atoms with Gasteiger partial charge in [0.1, 0.15) is 6.61 Å². The molecular formula is C26H31N3O5. The van der Waals surface area contributed by atoms with Crippen LogP contribution in [0.5, 0.6) is 0 Å². The number of carbonyl (C=O) groups is 3. The molecular weight excluding hydrogens is 434 g/mol. The number of allylic oxidation sites excluding steroid dienone is 1. The number of nitrogens with zero attached hydrogens (tertiary/aromatic N) is 1. The number of ether oxygens (including phenoxy) is 2. The minimum absolute atomic E-state index is 0.101. The van der Waals surface area contributed by atoms with Crippen molar-refractivity contribution in [3.63, 3.8) is 0 Å². The topological polar surface area (TPSA) is 97.0 Å². The maximum atomic E-state index is 12.9. The van der Waals surface area contributed by atoms with E-state index in [1.165, 1.54) is 4.90 Å². The predicted octanol–water partition coefficient (Wildman–Crippen LogP) is 4.15. The zero-order valence-corrected chi connectivity index (χ0v) is 20.0. The molecule has 2 aromatic carbocycles. The molecule has 2 N–H and O–H groups in total. The van der Waals surface area contributed by atoms with Crippen molar-refractivity contribution < 1.29 is 23.9 Å². The summed E-state index contributed by atoms with van der Waals surface area (Å²) in [4.78, 5) is 39.5. The van der Waals surface area contributed by atoms with E-state index in [1.54, 1.807) is 45.0 Å². The van der Waals surface area contributed by atoms with Crippen LogP contribution in [0.25, 0.3) is 0 Å². The molecule has 1 aliphatic heterocycles. The lowest BCUT2D eigenvalue weighted by Crippen LogP contribution is -2.48. The SMILES string of the molecule is CCN1C(=O)NC(c2cccc(NC(=O)COCc3ccccc3)c2)C(C(=O)OC(C)C)=C1C. The van der Waals surface area contributed by atoms with Crippen LogP contribution in [0, 0.1) is 0 Å². The Labute approximate surface area is 199 Å². The van der Waals surface area contributed by atoms with Gasteiger partial charge in [-0.3, -0.25) is 9.69 Å². The van der Waals surface area contributed by atoms with Crippen LogP contribution in [0.15, 0.2) is 65.9 Å². The molecule has 1 unspecified atom stereocenters. The van der Waals surface area contributed by atoms with E-state index < -0.39 is 12.0 Å². The summed E-state index contributed by atoms with van der Waals surface area (Å²) in [6.07, 6.45) is -0.303. The van der Waals surface area contributed by atoms with E-state index >= 15 is 0 Å². The summed E-state index contributed by atoms with van der Waals surface area (Å²) in [5.74, 6) is -0.788. The number of esters is 1. The van der Waals surface area contributed by atoms with Gasteiger partial charge in [-0.1, -0.05) is 42.5 Å². The van der Waals surface area contributed by atoms with E-state index in [-0.39, 0.29) is 24.6 Å². The van der Waals surface area contributed by atoms with Crippen molar-refractivity contribution in [2.75, 3.05) is 18.5 Å². The van der Waals surface area contributed by atoms with E-state index in [9.17, 15) is 14.4 Å². The lowest BCUT2D eigenvalue weighted by atomic mass is 9.94. The van der Waals surface area contributed by atoms with E-state index in [4.69, 9.17) is 9.47 Å². The maximum absolute atomic E-state index is 12.9. The minimum atomic E-state index is -0.701. The fourth-order valence-electron chi connectivity index (χ4n) is 3.78. The molecule has 3 amide bonds. The number of benzene rings is 2. The molecule has 1 atom stereocenters. The number of hydrogen-bond acceptors (Lipinski definition) is 5. The second-order valence-corrected chi connectivity index (χ2v) is 8.23. The predicted molar refractivity (Wildman–Crippen MR) is 129 cm³/mol. The first-order valence-electron chi connectivity index (χ1n) is 11.3. The van der Waals surface area contributed by atoms with E-state index in [0.29, 0.717) is 35.7 Å². The zero-order valence-electron chi connectivity index (χ0n) is 20.0. The average Bonchev–Trinajstić information content (AvgIpc) is 2.79. The number of anilines is 1. The van der Waals surface area contributed by atoms with Crippen LogP contribution in [0.4, 0.5) is 10.5 Å². The quantitative estimate of drug-likeness (QED) is 0.542. The molecule has 3 rings (SSSR count). The van der Waals surface area contributed by atoms with Crippen LogP contribution in [0.1, 0.15) is 44.9 Å². The van der Waals surface area contributed by atoms with Gasteiger partial charge >= 0.3 is 12.0 Å². The Bertz CT molecular complexity index is 1070. The molecule has 0 radical (unpaired) electrons. The smallest absolute Gasteiger partial charge is 0.338 e. The van der Waals surface area contributed by atoms with Crippen molar-refractivity contribution in [1.82, 2.24) is 10.2 Å². The summed E-state index contributed by atoms with van der Waals surface area (Å²) in [7, 11) is 0. The molecule has 0 fully saturated rings. The number of amides is 3. The average molecular weight is 466 g/mol. The van der Waals surface area contributed by atoms with Gasteiger partial charge in [-0.25, -0.2) is 9.59 Å². The fourth-order valence-corrected chi connectivity index (χ4v) is 3.78. The molecule has 8 nitrogen and oxygen atoms in total. The van der Waals surface area contributed by atoms with Crippen LogP contribution < -0.4 is 10.6 Å².